The van der Waals surface area contributed by atoms with E-state index < -0.39 is 0 Å². The van der Waals surface area contributed by atoms with Gasteiger partial charge in [0.05, 0.1) is 19.9 Å². The summed E-state index contributed by atoms with van der Waals surface area (Å²) in [6, 6.07) is 2.00. The number of pyridine rings is 1. The smallest absolute Gasteiger partial charge is 0.216 e. The Morgan fingerprint density at radius 3 is 2.50 bits per heavy atom. The van der Waals surface area contributed by atoms with Crippen LogP contribution in [-0.2, 0) is 12.8 Å². The molecule has 90 valence electrons. The highest BCUT2D eigenvalue weighted by atomic mass is 16.5. The van der Waals surface area contributed by atoms with Crippen LogP contribution in [0.15, 0.2) is 6.07 Å². The number of aromatic nitrogens is 1. The maximum atomic E-state index is 5.54. The molecule has 0 aliphatic carbocycles. The molecule has 0 aliphatic rings. The molecule has 0 aliphatic heterocycles. The molecule has 0 fully saturated rings. The zero-order valence-corrected chi connectivity index (χ0v) is 10.2. The van der Waals surface area contributed by atoms with Crippen molar-refractivity contribution >= 4 is 0 Å². The van der Waals surface area contributed by atoms with Crippen LogP contribution in [0.4, 0.5) is 0 Å². The number of nitrogens with two attached hydrogens (primary N) is 1. The molecule has 0 unspecified atom stereocenters. The van der Waals surface area contributed by atoms with Crippen LogP contribution in [0, 0.1) is 0 Å². The van der Waals surface area contributed by atoms with Gasteiger partial charge in [-0.1, -0.05) is 13.3 Å². The molecule has 1 rings (SSSR count). The molecule has 0 bridgehead atoms. The first-order chi connectivity index (χ1) is 7.76. The number of nitrogens with zero attached hydrogens (tertiary/aromatic N) is 1. The predicted molar refractivity (Wildman–Crippen MR) is 64.1 cm³/mol. The van der Waals surface area contributed by atoms with Gasteiger partial charge in [0.2, 0.25) is 5.88 Å². The van der Waals surface area contributed by atoms with E-state index >= 15 is 0 Å². The number of hydrogen-bond donors (Lipinski definition) is 1. The Morgan fingerprint density at radius 1 is 1.25 bits per heavy atom. The van der Waals surface area contributed by atoms with Gasteiger partial charge >= 0.3 is 0 Å². The van der Waals surface area contributed by atoms with E-state index in [0.717, 1.165) is 29.8 Å². The third kappa shape index (κ3) is 2.85. The molecule has 0 saturated carbocycles. The van der Waals surface area contributed by atoms with E-state index in [9.17, 15) is 0 Å². The minimum Gasteiger partial charge on any atom is -0.495 e. The molecule has 0 saturated heterocycles. The van der Waals surface area contributed by atoms with E-state index in [0.29, 0.717) is 18.8 Å². The molecular weight excluding hydrogens is 204 g/mol. The molecule has 4 nitrogen and oxygen atoms in total. The maximum absolute atomic E-state index is 5.54. The summed E-state index contributed by atoms with van der Waals surface area (Å²) in [6.45, 7) is 2.68. The molecule has 16 heavy (non-hydrogen) atoms. The van der Waals surface area contributed by atoms with Crippen LogP contribution in [0.5, 0.6) is 11.6 Å². The molecule has 2 N–H and O–H groups in total. The third-order valence-electron chi connectivity index (χ3n) is 2.41. The summed E-state index contributed by atoms with van der Waals surface area (Å²) in [5.74, 6) is 1.49. The second-order valence-electron chi connectivity index (χ2n) is 3.59. The molecule has 0 atom stereocenters. The third-order valence-corrected chi connectivity index (χ3v) is 2.41. The molecule has 1 heterocycles. The van der Waals surface area contributed by atoms with E-state index in [1.807, 2.05) is 6.07 Å². The van der Waals surface area contributed by atoms with Crippen molar-refractivity contribution in [3.63, 3.8) is 0 Å². The Balaban J connectivity index is 3.11. The number of rotatable bonds is 6. The minimum absolute atomic E-state index is 0.555. The van der Waals surface area contributed by atoms with Crippen LogP contribution >= 0.6 is 0 Å². The van der Waals surface area contributed by atoms with E-state index in [4.69, 9.17) is 15.2 Å². The Morgan fingerprint density at radius 2 is 2.00 bits per heavy atom. The lowest BCUT2D eigenvalue weighted by Gasteiger charge is -2.12. The van der Waals surface area contributed by atoms with Gasteiger partial charge in [0, 0.05) is 12.0 Å². The molecular formula is C12H20N2O2. The van der Waals surface area contributed by atoms with Crippen molar-refractivity contribution in [1.29, 1.82) is 0 Å². The predicted octanol–water partition coefficient (Wildman–Crippen LogP) is 1.55. The van der Waals surface area contributed by atoms with E-state index in [-0.39, 0.29) is 0 Å². The largest absolute Gasteiger partial charge is 0.495 e. The quantitative estimate of drug-likeness (QED) is 0.796. The van der Waals surface area contributed by atoms with Crippen LogP contribution in [0.25, 0.3) is 0 Å². The van der Waals surface area contributed by atoms with Gasteiger partial charge in [-0.15, -0.1) is 0 Å². The Kier molecular flexibility index (Phi) is 5.05. The summed E-state index contributed by atoms with van der Waals surface area (Å²) >= 11 is 0. The van der Waals surface area contributed by atoms with Crippen molar-refractivity contribution in [1.82, 2.24) is 4.98 Å². The van der Waals surface area contributed by atoms with Crippen molar-refractivity contribution in [2.45, 2.75) is 26.2 Å². The van der Waals surface area contributed by atoms with Crippen molar-refractivity contribution in [2.24, 2.45) is 5.73 Å². The number of methoxy groups -OCH3 is 2. The zero-order chi connectivity index (χ0) is 12.0. The van der Waals surface area contributed by atoms with Crippen molar-refractivity contribution in [3.8, 4) is 11.6 Å². The van der Waals surface area contributed by atoms with Crippen LogP contribution in [0.2, 0.25) is 0 Å². The van der Waals surface area contributed by atoms with Gasteiger partial charge in [-0.25, -0.2) is 4.98 Å². The number of aryl methyl sites for hydroxylation is 1. The van der Waals surface area contributed by atoms with Crippen molar-refractivity contribution in [3.05, 3.63) is 17.3 Å². The van der Waals surface area contributed by atoms with Gasteiger partial charge in [0.25, 0.3) is 0 Å². The first kappa shape index (κ1) is 12.8. The molecule has 0 radical (unpaired) electrons. The summed E-state index contributed by atoms with van der Waals surface area (Å²) in [5.41, 5.74) is 7.48. The highest BCUT2D eigenvalue weighted by Crippen LogP contribution is 2.26. The lowest BCUT2D eigenvalue weighted by atomic mass is 10.1. The van der Waals surface area contributed by atoms with Crippen molar-refractivity contribution in [2.75, 3.05) is 20.8 Å². The molecule has 0 amide bonds. The SMILES string of the molecule is CCCc1cc(OC)c(CCN)nc1OC. The Hall–Kier alpha value is -1.29. The molecule has 0 aromatic carbocycles. The van der Waals surface area contributed by atoms with E-state index in [1.165, 1.54) is 0 Å². The van der Waals surface area contributed by atoms with Gasteiger partial charge in [0.15, 0.2) is 0 Å². The summed E-state index contributed by atoms with van der Waals surface area (Å²) < 4.78 is 10.6. The zero-order valence-electron chi connectivity index (χ0n) is 10.2. The molecule has 4 heteroatoms. The first-order valence-electron chi connectivity index (χ1n) is 5.57. The van der Waals surface area contributed by atoms with E-state index in [2.05, 4.69) is 11.9 Å². The minimum atomic E-state index is 0.555. The summed E-state index contributed by atoms with van der Waals surface area (Å²) in [6.07, 6.45) is 2.69. The fourth-order valence-corrected chi connectivity index (χ4v) is 1.67. The average molecular weight is 224 g/mol. The van der Waals surface area contributed by atoms with Gasteiger partial charge in [-0.05, 0) is 19.0 Å². The maximum Gasteiger partial charge on any atom is 0.216 e. The van der Waals surface area contributed by atoms with Crippen molar-refractivity contribution < 1.29 is 9.47 Å². The fraction of sp³-hybridized carbons (Fsp3) is 0.583. The van der Waals surface area contributed by atoms with Gasteiger partial charge in [-0.3, -0.25) is 0 Å². The van der Waals surface area contributed by atoms with Crippen LogP contribution < -0.4 is 15.2 Å². The topological polar surface area (TPSA) is 57.4 Å². The summed E-state index contributed by atoms with van der Waals surface area (Å²) in [4.78, 5) is 4.44. The highest BCUT2D eigenvalue weighted by Gasteiger charge is 2.11. The summed E-state index contributed by atoms with van der Waals surface area (Å²) in [5, 5.41) is 0. The van der Waals surface area contributed by atoms with Crippen LogP contribution in [-0.4, -0.2) is 25.7 Å². The van der Waals surface area contributed by atoms with Crippen LogP contribution in [0.3, 0.4) is 0 Å². The Labute approximate surface area is 96.8 Å². The second kappa shape index (κ2) is 6.33. The van der Waals surface area contributed by atoms with Gasteiger partial charge in [-0.2, -0.15) is 0 Å². The first-order valence-corrected chi connectivity index (χ1v) is 5.57. The normalized spacial score (nSPS) is 10.2. The fourth-order valence-electron chi connectivity index (χ4n) is 1.67. The summed E-state index contributed by atoms with van der Waals surface area (Å²) in [7, 11) is 3.29. The number of hydrogen-bond acceptors (Lipinski definition) is 4. The molecule has 1 aromatic heterocycles. The second-order valence-corrected chi connectivity index (χ2v) is 3.59. The van der Waals surface area contributed by atoms with Gasteiger partial charge in [0.1, 0.15) is 5.75 Å². The monoisotopic (exact) mass is 224 g/mol. The molecule has 0 spiro atoms. The molecule has 1 aromatic rings. The van der Waals surface area contributed by atoms with E-state index in [1.54, 1.807) is 14.2 Å². The van der Waals surface area contributed by atoms with Gasteiger partial charge < -0.3 is 15.2 Å². The van der Waals surface area contributed by atoms with Crippen LogP contribution in [0.1, 0.15) is 24.6 Å². The Bertz CT molecular complexity index is 306. The standard InChI is InChI=1S/C12H20N2O2/c1-4-5-9-8-11(15-2)10(6-7-13)14-12(9)16-3/h8H,4-7,13H2,1-3H3. The lowest BCUT2D eigenvalue weighted by molar-refractivity contribution is 0.377. The highest BCUT2D eigenvalue weighted by molar-refractivity contribution is 5.39. The lowest BCUT2D eigenvalue weighted by Crippen LogP contribution is -2.08. The average Bonchev–Trinajstić information content (AvgIpc) is 2.31. The number of ether oxygens (including phenoxy) is 2.